The third-order valence-corrected chi connectivity index (χ3v) is 10.3. The molecule has 2 fully saturated rings. The number of carbonyl (C=O) groups excluding carboxylic acids is 2. The Hall–Kier alpha value is -3.35. The summed E-state index contributed by atoms with van der Waals surface area (Å²) in [6.07, 6.45) is -5.13. The van der Waals surface area contributed by atoms with Gasteiger partial charge in [0, 0.05) is 18.4 Å². The van der Waals surface area contributed by atoms with Gasteiger partial charge in [-0.1, -0.05) is 42.8 Å². The van der Waals surface area contributed by atoms with E-state index in [0.717, 1.165) is 31.2 Å². The van der Waals surface area contributed by atoms with E-state index in [1.165, 1.54) is 31.2 Å². The number of ether oxygens (including phenoxy) is 1. The molecule has 2 aromatic rings. The third kappa shape index (κ3) is 10.1. The molecule has 0 saturated heterocycles. The van der Waals surface area contributed by atoms with E-state index in [1.807, 2.05) is 17.4 Å². The van der Waals surface area contributed by atoms with Crippen LogP contribution in [0.25, 0.3) is 5.57 Å². The highest BCUT2D eigenvalue weighted by atomic mass is 32.2. The van der Waals surface area contributed by atoms with Crippen molar-refractivity contribution in [1.82, 2.24) is 10.0 Å². The van der Waals surface area contributed by atoms with Gasteiger partial charge in [-0.25, -0.2) is 4.21 Å². The van der Waals surface area contributed by atoms with Crippen LogP contribution in [0.1, 0.15) is 87.8 Å². The summed E-state index contributed by atoms with van der Waals surface area (Å²) in [5, 5.41) is 1.80. The Bertz CT molecular complexity index is 1420. The first-order valence-corrected chi connectivity index (χ1v) is 17.0. The number of unbranched alkanes of at least 4 members (excludes halogenated alkanes) is 2. The van der Waals surface area contributed by atoms with Crippen molar-refractivity contribution in [3.63, 3.8) is 0 Å². The Morgan fingerprint density at radius 3 is 2.13 bits per heavy atom. The number of hydrogen-bond donors (Lipinski definition) is 2. The highest BCUT2D eigenvalue weighted by Crippen LogP contribution is 2.46. The fourth-order valence-electron chi connectivity index (χ4n) is 5.50. The predicted molar refractivity (Wildman–Crippen MR) is 167 cm³/mol. The van der Waals surface area contributed by atoms with Crippen molar-refractivity contribution in [2.45, 2.75) is 101 Å². The van der Waals surface area contributed by atoms with Gasteiger partial charge in [-0.15, -0.1) is 0 Å². The van der Waals surface area contributed by atoms with Crippen LogP contribution in [-0.2, 0) is 32.5 Å². The van der Waals surface area contributed by atoms with Crippen LogP contribution in [0.2, 0.25) is 0 Å². The molecule has 0 spiro atoms. The number of halogens is 6. The lowest BCUT2D eigenvalue weighted by Crippen LogP contribution is -2.53. The molecule has 1 unspecified atom stereocenters. The van der Waals surface area contributed by atoms with E-state index >= 15 is 13.2 Å². The maximum atomic E-state index is 15.2. The summed E-state index contributed by atoms with van der Waals surface area (Å²) in [6, 6.07) is 11.9. The van der Waals surface area contributed by atoms with Gasteiger partial charge in [0.15, 0.2) is 5.54 Å². The predicted octanol–water partition coefficient (Wildman–Crippen LogP) is 7.84. The van der Waals surface area contributed by atoms with Crippen molar-refractivity contribution >= 4 is 28.9 Å². The Balaban J connectivity index is 1.62. The van der Waals surface area contributed by atoms with Crippen molar-refractivity contribution in [2.75, 3.05) is 6.61 Å². The highest BCUT2D eigenvalue weighted by molar-refractivity contribution is 7.84. The molecule has 0 aromatic heterocycles. The summed E-state index contributed by atoms with van der Waals surface area (Å²) in [4.78, 5) is 25.1. The SMILES string of the molecule is C/C(C(=O)NS(=O)C1CCC1)=C(\C[C@](NC=O)(c1ccc(OCCCCCC(F)(F)F)cc1)C(F)(F)F)c1ccc(CC2CC2)cc1. The fourth-order valence-corrected chi connectivity index (χ4v) is 6.76. The first-order valence-electron chi connectivity index (χ1n) is 15.8. The normalized spacial score (nSPS) is 17.9. The zero-order valence-electron chi connectivity index (χ0n) is 26.1. The summed E-state index contributed by atoms with van der Waals surface area (Å²) < 4.78 is 103. The van der Waals surface area contributed by atoms with Gasteiger partial charge in [-0.2, -0.15) is 26.3 Å². The molecule has 0 aliphatic heterocycles. The molecule has 258 valence electrons. The largest absolute Gasteiger partial charge is 0.494 e. The lowest BCUT2D eigenvalue weighted by molar-refractivity contribution is -0.199. The molecule has 4 rings (SSSR count). The van der Waals surface area contributed by atoms with E-state index in [0.29, 0.717) is 30.7 Å². The van der Waals surface area contributed by atoms with Gasteiger partial charge in [0.1, 0.15) is 16.7 Å². The summed E-state index contributed by atoms with van der Waals surface area (Å²) in [5.74, 6) is 0.0390. The summed E-state index contributed by atoms with van der Waals surface area (Å²) in [7, 11) is -1.69. The van der Waals surface area contributed by atoms with Crippen LogP contribution in [0.5, 0.6) is 5.75 Å². The van der Waals surface area contributed by atoms with Crippen molar-refractivity contribution in [3.05, 3.63) is 70.8 Å². The molecule has 2 N–H and O–H groups in total. The molecule has 2 aliphatic carbocycles. The number of alkyl halides is 6. The summed E-state index contributed by atoms with van der Waals surface area (Å²) >= 11 is 0. The van der Waals surface area contributed by atoms with Crippen molar-refractivity contribution in [1.29, 1.82) is 0 Å². The average molecular weight is 687 g/mol. The van der Waals surface area contributed by atoms with Crippen molar-refractivity contribution in [3.8, 4) is 5.75 Å². The van der Waals surface area contributed by atoms with Crippen LogP contribution >= 0.6 is 0 Å². The average Bonchev–Trinajstić information content (AvgIpc) is 3.79. The molecule has 0 bridgehead atoms. The minimum Gasteiger partial charge on any atom is -0.494 e. The zero-order valence-corrected chi connectivity index (χ0v) is 27.0. The standard InChI is InChI=1S/C34H40F6N2O4S/c1-23(31(44)42-47(45)29-6-5-7-29)30(26-12-10-25(11-13-26)20-24-8-9-24)21-32(41-22-43,34(38,39)40)27-14-16-28(17-15-27)46-19-4-2-3-18-33(35,36)37/h10-17,22,24,29H,2-9,18-21H2,1H3,(H,41,43)(H,42,44)/b30-23-/t32-,47?/m0/s1. The molecule has 0 heterocycles. The molecule has 2 aromatic carbocycles. The van der Waals surface area contributed by atoms with Crippen molar-refractivity contribution in [2.24, 2.45) is 5.92 Å². The molecule has 13 heteroatoms. The smallest absolute Gasteiger partial charge is 0.416 e. The van der Waals surface area contributed by atoms with E-state index < -0.39 is 47.6 Å². The second kappa shape index (κ2) is 15.7. The fraction of sp³-hybridized carbons (Fsp3) is 0.529. The van der Waals surface area contributed by atoms with Gasteiger partial charge in [-0.3, -0.25) is 14.3 Å². The molecule has 0 radical (unpaired) electrons. The Labute approximate surface area is 273 Å². The number of nitrogens with one attached hydrogen (secondary N) is 2. The lowest BCUT2D eigenvalue weighted by atomic mass is 9.79. The van der Waals surface area contributed by atoms with Gasteiger partial charge in [0.25, 0.3) is 5.91 Å². The number of amides is 2. The number of benzene rings is 2. The van der Waals surface area contributed by atoms with Crippen LogP contribution in [-0.4, -0.2) is 40.7 Å². The van der Waals surface area contributed by atoms with Crippen LogP contribution in [0.4, 0.5) is 26.3 Å². The van der Waals surface area contributed by atoms with E-state index in [1.54, 1.807) is 12.1 Å². The Morgan fingerprint density at radius 1 is 0.936 bits per heavy atom. The minimum absolute atomic E-state index is 0.0249. The minimum atomic E-state index is -5.03. The molecular formula is C34H40F6N2O4S. The van der Waals surface area contributed by atoms with Crippen LogP contribution in [0.3, 0.4) is 0 Å². The molecule has 47 heavy (non-hydrogen) atoms. The number of carbonyl (C=O) groups is 2. The molecule has 2 aliphatic rings. The highest BCUT2D eigenvalue weighted by Gasteiger charge is 2.56. The van der Waals surface area contributed by atoms with Crippen LogP contribution < -0.4 is 14.8 Å². The summed E-state index contributed by atoms with van der Waals surface area (Å²) in [5.41, 5.74) is -1.92. The van der Waals surface area contributed by atoms with Crippen molar-refractivity contribution < 1.29 is 44.9 Å². The van der Waals surface area contributed by atoms with E-state index in [-0.39, 0.29) is 53.6 Å². The Kier molecular flexibility index (Phi) is 12.2. The van der Waals surface area contributed by atoms with Crippen LogP contribution in [0.15, 0.2) is 54.1 Å². The summed E-state index contributed by atoms with van der Waals surface area (Å²) in [6.45, 7) is 1.46. The Morgan fingerprint density at radius 2 is 1.60 bits per heavy atom. The second-order valence-electron chi connectivity index (χ2n) is 12.4. The zero-order chi connectivity index (χ0) is 34.2. The topological polar surface area (TPSA) is 84.5 Å². The molecule has 2 saturated carbocycles. The monoisotopic (exact) mass is 686 g/mol. The van der Waals surface area contributed by atoms with E-state index in [9.17, 15) is 27.0 Å². The maximum Gasteiger partial charge on any atom is 0.416 e. The molecule has 6 nitrogen and oxygen atoms in total. The lowest BCUT2D eigenvalue weighted by Gasteiger charge is -2.37. The second-order valence-corrected chi connectivity index (χ2v) is 13.8. The van der Waals surface area contributed by atoms with Crippen LogP contribution in [0, 0.1) is 5.92 Å². The van der Waals surface area contributed by atoms with E-state index in [4.69, 9.17) is 4.74 Å². The van der Waals surface area contributed by atoms with Gasteiger partial charge in [0.05, 0.1) is 11.9 Å². The first kappa shape index (κ1) is 36.5. The molecule has 2 atom stereocenters. The van der Waals surface area contributed by atoms with E-state index in [2.05, 4.69) is 4.72 Å². The first-order chi connectivity index (χ1) is 22.2. The molecular weight excluding hydrogens is 646 g/mol. The third-order valence-electron chi connectivity index (χ3n) is 8.82. The maximum absolute atomic E-state index is 15.2. The van der Waals surface area contributed by atoms with Gasteiger partial charge in [0.2, 0.25) is 6.41 Å². The number of hydrogen-bond acceptors (Lipinski definition) is 4. The number of rotatable bonds is 17. The quantitative estimate of drug-likeness (QED) is 0.0769. The van der Waals surface area contributed by atoms with Gasteiger partial charge in [-0.05, 0) is 98.6 Å². The van der Waals surface area contributed by atoms with Gasteiger partial charge < -0.3 is 10.1 Å². The molecule has 2 amide bonds. The van der Waals surface area contributed by atoms with Gasteiger partial charge >= 0.3 is 12.4 Å².